The summed E-state index contributed by atoms with van der Waals surface area (Å²) < 4.78 is 63.1. The molecule has 22 heavy (non-hydrogen) atoms. The Bertz CT molecular complexity index is 632. The lowest BCUT2D eigenvalue weighted by atomic mass is 9.90. The van der Waals surface area contributed by atoms with Gasteiger partial charge in [0.15, 0.2) is 0 Å². The van der Waals surface area contributed by atoms with Gasteiger partial charge in [0, 0.05) is 18.0 Å². The van der Waals surface area contributed by atoms with Crippen molar-refractivity contribution in [3.05, 3.63) is 24.3 Å². The Morgan fingerprint density at radius 2 is 1.91 bits per heavy atom. The van der Waals surface area contributed by atoms with Gasteiger partial charge in [-0.1, -0.05) is 6.92 Å². The molecule has 1 aliphatic heterocycles. The van der Waals surface area contributed by atoms with Gasteiger partial charge in [-0.2, -0.15) is 17.5 Å². The van der Waals surface area contributed by atoms with Crippen LogP contribution in [0.15, 0.2) is 34.1 Å². The van der Waals surface area contributed by atoms with Crippen LogP contribution in [0.5, 0.6) is 0 Å². The van der Waals surface area contributed by atoms with Crippen molar-refractivity contribution >= 4 is 21.8 Å². The second kappa shape index (κ2) is 6.03. The van der Waals surface area contributed by atoms with Crippen LogP contribution in [0.1, 0.15) is 13.3 Å². The molecule has 0 amide bonds. The first-order valence-corrected chi connectivity index (χ1v) is 8.87. The van der Waals surface area contributed by atoms with Gasteiger partial charge in [0.1, 0.15) is 0 Å². The molecule has 1 aromatic carbocycles. The average Bonchev–Trinajstić information content (AvgIpc) is 2.82. The third-order valence-corrected chi connectivity index (χ3v) is 6.31. The second-order valence-electron chi connectivity index (χ2n) is 5.62. The molecule has 124 valence electrons. The number of rotatable bonds is 4. The molecule has 1 aliphatic rings. The van der Waals surface area contributed by atoms with Gasteiger partial charge >= 0.3 is 5.51 Å². The summed E-state index contributed by atoms with van der Waals surface area (Å²) in [5, 5.41) is 0. The number of thioether (sulfide) groups is 1. The van der Waals surface area contributed by atoms with Crippen molar-refractivity contribution in [1.82, 2.24) is 4.31 Å². The van der Waals surface area contributed by atoms with E-state index in [2.05, 4.69) is 0 Å². The molecular weight excluding hydrogens is 337 g/mol. The minimum atomic E-state index is -4.39. The molecular formula is C13H17F3N2O2S2. The standard InChI is InChI=1S/C13H17F3N2O2S2/c1-12(8-17)6-7-18(9-12)22(19,20)11-4-2-10(3-5-11)21-13(14,15)16/h2-5H,6-9,17H2,1H3. The molecule has 4 nitrogen and oxygen atoms in total. The number of hydrogen-bond acceptors (Lipinski definition) is 4. The Morgan fingerprint density at radius 3 is 2.36 bits per heavy atom. The molecule has 1 heterocycles. The molecule has 0 radical (unpaired) electrons. The van der Waals surface area contributed by atoms with E-state index >= 15 is 0 Å². The second-order valence-corrected chi connectivity index (χ2v) is 8.70. The van der Waals surface area contributed by atoms with Crippen molar-refractivity contribution in [2.75, 3.05) is 19.6 Å². The average molecular weight is 354 g/mol. The highest BCUT2D eigenvalue weighted by Gasteiger charge is 2.39. The molecule has 0 spiro atoms. The number of halogens is 3. The molecule has 2 N–H and O–H groups in total. The van der Waals surface area contributed by atoms with Crippen molar-refractivity contribution in [1.29, 1.82) is 0 Å². The predicted molar refractivity (Wildman–Crippen MR) is 78.9 cm³/mol. The van der Waals surface area contributed by atoms with E-state index in [9.17, 15) is 21.6 Å². The van der Waals surface area contributed by atoms with E-state index in [-0.39, 0.29) is 27.0 Å². The minimum absolute atomic E-state index is 0.000274. The first kappa shape index (κ1) is 17.6. The first-order chi connectivity index (χ1) is 10.1. The monoisotopic (exact) mass is 354 g/mol. The van der Waals surface area contributed by atoms with Crippen LogP contribution in [0.3, 0.4) is 0 Å². The summed E-state index contributed by atoms with van der Waals surface area (Å²) in [7, 11) is -3.69. The Morgan fingerprint density at radius 1 is 1.32 bits per heavy atom. The highest BCUT2D eigenvalue weighted by molar-refractivity contribution is 8.00. The Hall–Kier alpha value is -0.770. The highest BCUT2D eigenvalue weighted by Crippen LogP contribution is 2.37. The molecule has 2 rings (SSSR count). The van der Waals surface area contributed by atoms with Crippen molar-refractivity contribution in [2.45, 2.75) is 28.6 Å². The predicted octanol–water partition coefficient (Wildman–Crippen LogP) is 2.66. The topological polar surface area (TPSA) is 63.4 Å². The van der Waals surface area contributed by atoms with E-state index in [1.54, 1.807) is 0 Å². The molecule has 1 unspecified atom stereocenters. The smallest absolute Gasteiger partial charge is 0.330 e. The maximum absolute atomic E-state index is 12.5. The molecule has 1 aromatic rings. The van der Waals surface area contributed by atoms with Crippen LogP contribution in [0.25, 0.3) is 0 Å². The van der Waals surface area contributed by atoms with Gasteiger partial charge in [-0.05, 0) is 54.4 Å². The summed E-state index contributed by atoms with van der Waals surface area (Å²) in [6.45, 7) is 3.01. The van der Waals surface area contributed by atoms with Gasteiger partial charge in [-0.15, -0.1) is 0 Å². The Balaban J connectivity index is 2.17. The van der Waals surface area contributed by atoms with Crippen LogP contribution in [0.4, 0.5) is 13.2 Å². The maximum Gasteiger partial charge on any atom is 0.446 e. The summed E-state index contributed by atoms with van der Waals surface area (Å²) in [5.74, 6) is 0. The fraction of sp³-hybridized carbons (Fsp3) is 0.538. The van der Waals surface area contributed by atoms with Crippen LogP contribution < -0.4 is 5.73 Å². The first-order valence-electron chi connectivity index (χ1n) is 6.62. The third kappa shape index (κ3) is 3.95. The zero-order valence-corrected chi connectivity index (χ0v) is 13.6. The van der Waals surface area contributed by atoms with Crippen molar-refractivity contribution in [3.63, 3.8) is 0 Å². The minimum Gasteiger partial charge on any atom is -0.330 e. The van der Waals surface area contributed by atoms with Gasteiger partial charge in [0.05, 0.1) is 4.90 Å². The number of benzene rings is 1. The van der Waals surface area contributed by atoms with Gasteiger partial charge in [0.25, 0.3) is 0 Å². The van der Waals surface area contributed by atoms with Gasteiger partial charge < -0.3 is 5.73 Å². The summed E-state index contributed by atoms with van der Waals surface area (Å²) in [5.41, 5.74) is 1.02. The molecule has 1 saturated heterocycles. The molecule has 0 aromatic heterocycles. The largest absolute Gasteiger partial charge is 0.446 e. The van der Waals surface area contributed by atoms with Gasteiger partial charge in [0.2, 0.25) is 10.0 Å². The third-order valence-electron chi connectivity index (χ3n) is 3.71. The number of hydrogen-bond donors (Lipinski definition) is 1. The lowest BCUT2D eigenvalue weighted by Crippen LogP contribution is -2.34. The SMILES string of the molecule is CC1(CN)CCN(S(=O)(=O)c2ccc(SC(F)(F)F)cc2)C1. The summed E-state index contributed by atoms with van der Waals surface area (Å²) in [6.07, 6.45) is 0.671. The summed E-state index contributed by atoms with van der Waals surface area (Å²) >= 11 is -0.269. The zero-order chi connectivity index (χ0) is 16.6. The Labute approximate surface area is 131 Å². The molecule has 0 saturated carbocycles. The van der Waals surface area contributed by atoms with Gasteiger partial charge in [-0.3, -0.25) is 0 Å². The van der Waals surface area contributed by atoms with E-state index in [0.29, 0.717) is 26.1 Å². The van der Waals surface area contributed by atoms with Crippen LogP contribution in [-0.4, -0.2) is 37.9 Å². The Kier molecular flexibility index (Phi) is 4.82. The van der Waals surface area contributed by atoms with Crippen molar-refractivity contribution in [2.24, 2.45) is 11.1 Å². The maximum atomic E-state index is 12.5. The van der Waals surface area contributed by atoms with Crippen molar-refractivity contribution in [3.8, 4) is 0 Å². The summed E-state index contributed by atoms with van der Waals surface area (Å²) in [6, 6.07) is 4.76. The number of alkyl halides is 3. The molecule has 0 bridgehead atoms. The van der Waals surface area contributed by atoms with Crippen LogP contribution in [0, 0.1) is 5.41 Å². The molecule has 1 atom stereocenters. The van der Waals surface area contributed by atoms with E-state index in [1.807, 2.05) is 6.92 Å². The summed E-state index contributed by atoms with van der Waals surface area (Å²) in [4.78, 5) is -0.0417. The number of sulfonamides is 1. The van der Waals surface area contributed by atoms with Crippen LogP contribution >= 0.6 is 11.8 Å². The highest BCUT2D eigenvalue weighted by atomic mass is 32.2. The molecule has 1 fully saturated rings. The van der Waals surface area contributed by atoms with Crippen molar-refractivity contribution < 1.29 is 21.6 Å². The molecule has 0 aliphatic carbocycles. The van der Waals surface area contributed by atoms with Crippen LogP contribution in [-0.2, 0) is 10.0 Å². The lowest BCUT2D eigenvalue weighted by molar-refractivity contribution is -0.0328. The van der Waals surface area contributed by atoms with E-state index in [0.717, 1.165) is 0 Å². The van der Waals surface area contributed by atoms with E-state index < -0.39 is 15.5 Å². The number of nitrogens with two attached hydrogens (primary N) is 1. The fourth-order valence-corrected chi connectivity index (χ4v) is 4.44. The molecule has 9 heteroatoms. The van der Waals surface area contributed by atoms with Gasteiger partial charge in [-0.25, -0.2) is 8.42 Å². The normalized spacial score (nSPS) is 23.9. The van der Waals surface area contributed by atoms with Crippen LogP contribution in [0.2, 0.25) is 0 Å². The number of nitrogens with zero attached hydrogens (tertiary/aromatic N) is 1. The zero-order valence-electron chi connectivity index (χ0n) is 11.9. The lowest BCUT2D eigenvalue weighted by Gasteiger charge is -2.22. The fourth-order valence-electron chi connectivity index (χ4n) is 2.31. The quantitative estimate of drug-likeness (QED) is 0.845. The van der Waals surface area contributed by atoms with E-state index in [4.69, 9.17) is 5.73 Å². The van der Waals surface area contributed by atoms with E-state index in [1.165, 1.54) is 28.6 Å².